The molecule has 1 aromatic carbocycles. The number of carboxylic acid groups (broad SMARTS) is 1. The van der Waals surface area contributed by atoms with E-state index < -0.39 is 40.8 Å². The minimum atomic E-state index is -5.05. The van der Waals surface area contributed by atoms with Crippen molar-refractivity contribution in [2.75, 3.05) is 0 Å². The Hall–Kier alpha value is -3.37. The van der Waals surface area contributed by atoms with Gasteiger partial charge >= 0.3 is 18.3 Å². The van der Waals surface area contributed by atoms with E-state index in [0.29, 0.717) is 17.7 Å². The molecular formula is C17H9F6N3O2. The quantitative estimate of drug-likeness (QED) is 0.648. The van der Waals surface area contributed by atoms with E-state index in [2.05, 4.69) is 10.1 Å². The minimum Gasteiger partial charge on any atom is -0.476 e. The van der Waals surface area contributed by atoms with Crippen LogP contribution in [0.25, 0.3) is 16.9 Å². The molecule has 0 amide bonds. The third-order valence-electron chi connectivity index (χ3n) is 3.72. The lowest BCUT2D eigenvalue weighted by molar-refractivity contribution is -0.143. The van der Waals surface area contributed by atoms with E-state index in [9.17, 15) is 31.1 Å². The number of halogens is 6. The highest BCUT2D eigenvalue weighted by Gasteiger charge is 2.37. The zero-order valence-corrected chi connectivity index (χ0v) is 13.6. The van der Waals surface area contributed by atoms with Gasteiger partial charge in [0, 0.05) is 18.0 Å². The number of rotatable bonds is 3. The maximum Gasteiger partial charge on any atom is 0.416 e. The van der Waals surface area contributed by atoms with Gasteiger partial charge in [-0.15, -0.1) is 0 Å². The molecule has 0 saturated heterocycles. The normalized spacial score (nSPS) is 12.2. The van der Waals surface area contributed by atoms with E-state index in [-0.39, 0.29) is 11.8 Å². The Bertz CT molecular complexity index is 993. The topological polar surface area (TPSA) is 68.0 Å². The zero-order chi connectivity index (χ0) is 20.7. The average Bonchev–Trinajstić information content (AvgIpc) is 3.06. The highest BCUT2D eigenvalue weighted by Crippen LogP contribution is 2.37. The van der Waals surface area contributed by atoms with Crippen molar-refractivity contribution in [3.8, 4) is 16.9 Å². The molecule has 0 unspecified atom stereocenters. The predicted molar refractivity (Wildman–Crippen MR) is 83.8 cm³/mol. The second-order valence-electron chi connectivity index (χ2n) is 5.63. The first-order valence-electron chi connectivity index (χ1n) is 7.50. The van der Waals surface area contributed by atoms with Crippen LogP contribution in [0.1, 0.15) is 21.6 Å². The number of benzene rings is 1. The highest BCUT2D eigenvalue weighted by molar-refractivity contribution is 5.87. The molecule has 146 valence electrons. The van der Waals surface area contributed by atoms with Crippen LogP contribution < -0.4 is 0 Å². The summed E-state index contributed by atoms with van der Waals surface area (Å²) in [6.45, 7) is 0. The summed E-state index contributed by atoms with van der Waals surface area (Å²) >= 11 is 0. The van der Waals surface area contributed by atoms with Crippen LogP contribution in [0.5, 0.6) is 0 Å². The third kappa shape index (κ3) is 3.82. The number of alkyl halides is 6. The maximum atomic E-state index is 13.1. The Morgan fingerprint density at radius 3 is 1.89 bits per heavy atom. The van der Waals surface area contributed by atoms with Gasteiger partial charge < -0.3 is 5.11 Å². The van der Waals surface area contributed by atoms with Crippen molar-refractivity contribution in [1.82, 2.24) is 14.8 Å². The molecule has 0 saturated carbocycles. The van der Waals surface area contributed by atoms with Crippen molar-refractivity contribution in [2.45, 2.75) is 12.4 Å². The first kappa shape index (κ1) is 19.4. The molecule has 0 atom stereocenters. The van der Waals surface area contributed by atoms with Gasteiger partial charge in [-0.25, -0.2) is 9.48 Å². The number of hydrogen-bond donors (Lipinski definition) is 1. The van der Waals surface area contributed by atoms with E-state index in [1.54, 1.807) is 0 Å². The van der Waals surface area contributed by atoms with Gasteiger partial charge in [0.1, 0.15) is 0 Å². The summed E-state index contributed by atoms with van der Waals surface area (Å²) in [6, 6.07) is 4.80. The Morgan fingerprint density at radius 2 is 1.43 bits per heavy atom. The molecule has 0 bridgehead atoms. The number of hydrogen-bond acceptors (Lipinski definition) is 3. The van der Waals surface area contributed by atoms with Crippen LogP contribution in [0.2, 0.25) is 0 Å². The van der Waals surface area contributed by atoms with Gasteiger partial charge in [0.05, 0.1) is 22.5 Å². The lowest BCUT2D eigenvalue weighted by Gasteiger charge is -2.15. The van der Waals surface area contributed by atoms with E-state index in [0.717, 1.165) is 10.7 Å². The molecule has 0 fully saturated rings. The van der Waals surface area contributed by atoms with E-state index in [1.807, 2.05) is 0 Å². The largest absolute Gasteiger partial charge is 0.476 e. The van der Waals surface area contributed by atoms with Gasteiger partial charge in [-0.2, -0.15) is 31.4 Å². The first-order chi connectivity index (χ1) is 13.0. The van der Waals surface area contributed by atoms with Crippen molar-refractivity contribution in [3.05, 3.63) is 65.6 Å². The highest BCUT2D eigenvalue weighted by atomic mass is 19.4. The number of nitrogens with zero attached hydrogens (tertiary/aromatic N) is 3. The fraction of sp³-hybridized carbons (Fsp3) is 0.118. The van der Waals surface area contributed by atoms with Crippen LogP contribution in [0.4, 0.5) is 26.3 Å². The van der Waals surface area contributed by atoms with Crippen LogP contribution in [-0.2, 0) is 12.4 Å². The first-order valence-corrected chi connectivity index (χ1v) is 7.50. The van der Waals surface area contributed by atoms with Gasteiger partial charge in [-0.05, 0) is 36.4 Å². The molecule has 0 radical (unpaired) electrons. The summed E-state index contributed by atoms with van der Waals surface area (Å²) in [5, 5.41) is 12.8. The molecule has 2 heterocycles. The summed E-state index contributed by atoms with van der Waals surface area (Å²) < 4.78 is 79.4. The fourth-order valence-corrected chi connectivity index (χ4v) is 2.47. The molecule has 0 spiro atoms. The van der Waals surface area contributed by atoms with Crippen molar-refractivity contribution in [1.29, 1.82) is 0 Å². The van der Waals surface area contributed by atoms with Gasteiger partial charge in [-0.3, -0.25) is 4.98 Å². The minimum absolute atomic E-state index is 0.00718. The molecule has 28 heavy (non-hydrogen) atoms. The average molecular weight is 401 g/mol. The number of aromatic nitrogens is 3. The Labute approximate surface area is 152 Å². The number of carbonyl (C=O) groups is 1. The summed E-state index contributed by atoms with van der Waals surface area (Å²) in [7, 11) is 0. The third-order valence-corrected chi connectivity index (χ3v) is 3.72. The summed E-state index contributed by atoms with van der Waals surface area (Å²) in [5.74, 6) is -1.49. The molecule has 0 aliphatic heterocycles. The maximum absolute atomic E-state index is 13.1. The smallest absolute Gasteiger partial charge is 0.416 e. The van der Waals surface area contributed by atoms with Crippen LogP contribution >= 0.6 is 0 Å². The zero-order valence-electron chi connectivity index (χ0n) is 13.6. The second-order valence-corrected chi connectivity index (χ2v) is 5.63. The van der Waals surface area contributed by atoms with Gasteiger partial charge in [0.25, 0.3) is 0 Å². The SMILES string of the molecule is O=C(O)c1cc(-c2ccncc2)n(-c2cc(C(F)(F)F)cc(C(F)(F)F)c2)n1. The Balaban J connectivity index is 2.30. The van der Waals surface area contributed by atoms with E-state index in [4.69, 9.17) is 5.11 Å². The van der Waals surface area contributed by atoms with E-state index in [1.165, 1.54) is 24.5 Å². The van der Waals surface area contributed by atoms with Crippen molar-refractivity contribution >= 4 is 5.97 Å². The lowest BCUT2D eigenvalue weighted by Crippen LogP contribution is -2.13. The number of pyridine rings is 1. The monoisotopic (exact) mass is 401 g/mol. The number of carboxylic acids is 1. The van der Waals surface area contributed by atoms with Gasteiger partial charge in [-0.1, -0.05) is 0 Å². The van der Waals surface area contributed by atoms with E-state index >= 15 is 0 Å². The summed E-state index contributed by atoms with van der Waals surface area (Å²) in [4.78, 5) is 15.0. The predicted octanol–water partition coefficient (Wildman–Crippen LogP) is 4.67. The van der Waals surface area contributed by atoms with Crippen molar-refractivity contribution in [3.63, 3.8) is 0 Å². The standard InChI is InChI=1S/C17H9F6N3O2/c18-16(19,20)10-5-11(17(21,22)23)7-12(6-10)26-14(8-13(25-26)15(27)28)9-1-3-24-4-2-9/h1-8H,(H,27,28). The molecule has 5 nitrogen and oxygen atoms in total. The van der Waals surface area contributed by atoms with Gasteiger partial charge in [0.2, 0.25) is 0 Å². The molecular weight excluding hydrogens is 392 g/mol. The molecule has 11 heteroatoms. The lowest BCUT2D eigenvalue weighted by atomic mass is 10.1. The second kappa shape index (κ2) is 6.66. The number of aromatic carboxylic acids is 1. The fourth-order valence-electron chi connectivity index (χ4n) is 2.47. The van der Waals surface area contributed by atoms with Crippen LogP contribution in [0.3, 0.4) is 0 Å². The molecule has 3 aromatic rings. The van der Waals surface area contributed by atoms with Crippen molar-refractivity contribution < 1.29 is 36.2 Å². The van der Waals surface area contributed by atoms with Crippen LogP contribution in [-0.4, -0.2) is 25.8 Å². The van der Waals surface area contributed by atoms with Crippen molar-refractivity contribution in [2.24, 2.45) is 0 Å². The van der Waals surface area contributed by atoms with Crippen LogP contribution in [0, 0.1) is 0 Å². The van der Waals surface area contributed by atoms with Gasteiger partial charge in [0.15, 0.2) is 5.69 Å². The molecule has 0 aliphatic rings. The molecule has 0 aliphatic carbocycles. The van der Waals surface area contributed by atoms with Crippen LogP contribution in [0.15, 0.2) is 48.8 Å². The molecule has 2 aromatic heterocycles. The molecule has 3 rings (SSSR count). The Morgan fingerprint density at radius 1 is 0.893 bits per heavy atom. The Kier molecular flexibility index (Phi) is 4.61. The summed E-state index contributed by atoms with van der Waals surface area (Å²) in [6.07, 6.45) is -7.42. The summed E-state index contributed by atoms with van der Waals surface area (Å²) in [5.41, 5.74) is -3.90. The molecule has 1 N–H and O–H groups in total.